The van der Waals surface area contributed by atoms with Crippen LogP contribution in [-0.2, 0) is 11.3 Å². The molecule has 1 heterocycles. The predicted molar refractivity (Wildman–Crippen MR) is 153 cm³/mol. The molecule has 4 heteroatoms. The van der Waals surface area contributed by atoms with Gasteiger partial charge in [0.05, 0.1) is 0 Å². The van der Waals surface area contributed by atoms with Crippen molar-refractivity contribution in [2.75, 3.05) is 6.54 Å². The van der Waals surface area contributed by atoms with Crippen molar-refractivity contribution in [2.24, 2.45) is 0 Å². The second kappa shape index (κ2) is 11.9. The van der Waals surface area contributed by atoms with Gasteiger partial charge in [-0.3, -0.25) is 4.79 Å². The third-order valence-electron chi connectivity index (χ3n) is 7.34. The van der Waals surface area contributed by atoms with E-state index in [0.717, 1.165) is 35.0 Å². The van der Waals surface area contributed by atoms with Gasteiger partial charge in [-0.05, 0) is 53.8 Å². The summed E-state index contributed by atoms with van der Waals surface area (Å²) >= 11 is 0. The summed E-state index contributed by atoms with van der Waals surface area (Å²) < 4.78 is 16.5. The molecule has 1 N–H and O–H groups in total. The monoisotopic (exact) mass is 504 g/mol. The van der Waals surface area contributed by atoms with E-state index in [-0.39, 0.29) is 30.0 Å². The summed E-state index contributed by atoms with van der Waals surface area (Å²) in [7, 11) is 0. The highest BCUT2D eigenvalue weighted by Crippen LogP contribution is 2.35. The first-order chi connectivity index (χ1) is 18.6. The molecule has 0 aliphatic rings. The zero-order valence-electron chi connectivity index (χ0n) is 21.7. The SMILES string of the molecule is CCn1cc([C@H](CC(=O)NCCC(c2ccccc2)c2ccccc2)c2cccc(F)c2)c2ccccc21. The van der Waals surface area contributed by atoms with Gasteiger partial charge in [-0.15, -0.1) is 0 Å². The molecule has 5 aromatic rings. The lowest BCUT2D eigenvalue weighted by molar-refractivity contribution is -0.121. The van der Waals surface area contributed by atoms with Crippen molar-refractivity contribution in [3.8, 4) is 0 Å². The fraction of sp³-hybridized carbons (Fsp3) is 0.206. The number of amides is 1. The van der Waals surface area contributed by atoms with E-state index >= 15 is 0 Å². The third-order valence-corrected chi connectivity index (χ3v) is 7.34. The molecule has 4 aromatic carbocycles. The lowest BCUT2D eigenvalue weighted by Crippen LogP contribution is -2.27. The van der Waals surface area contributed by atoms with Crippen molar-refractivity contribution in [2.45, 2.75) is 38.1 Å². The molecular formula is C34H33FN2O. The summed E-state index contributed by atoms with van der Waals surface area (Å²) in [6, 6.07) is 35.7. The zero-order chi connectivity index (χ0) is 26.3. The topological polar surface area (TPSA) is 34.0 Å². The Bertz CT molecular complexity index is 1450. The average molecular weight is 505 g/mol. The van der Waals surface area contributed by atoms with Crippen LogP contribution in [0.25, 0.3) is 10.9 Å². The third kappa shape index (κ3) is 5.70. The summed E-state index contributed by atoms with van der Waals surface area (Å²) in [5.74, 6) is -0.380. The number of carbonyl (C=O) groups excluding carboxylic acids is 1. The van der Waals surface area contributed by atoms with E-state index in [4.69, 9.17) is 0 Å². The molecule has 3 nitrogen and oxygen atoms in total. The highest BCUT2D eigenvalue weighted by molar-refractivity contribution is 5.86. The molecule has 0 radical (unpaired) electrons. The van der Waals surface area contributed by atoms with Crippen LogP contribution in [0.2, 0.25) is 0 Å². The Morgan fingerprint density at radius 2 is 1.42 bits per heavy atom. The van der Waals surface area contributed by atoms with E-state index < -0.39 is 0 Å². The average Bonchev–Trinajstić information content (AvgIpc) is 3.33. The minimum atomic E-state index is -0.291. The molecule has 1 aromatic heterocycles. The Morgan fingerprint density at radius 3 is 2.08 bits per heavy atom. The lowest BCUT2D eigenvalue weighted by Gasteiger charge is -2.20. The Morgan fingerprint density at radius 1 is 0.789 bits per heavy atom. The van der Waals surface area contributed by atoms with Crippen LogP contribution in [-0.4, -0.2) is 17.0 Å². The maximum absolute atomic E-state index is 14.3. The summed E-state index contributed by atoms with van der Waals surface area (Å²) in [5, 5.41) is 4.27. The summed E-state index contributed by atoms with van der Waals surface area (Å²) in [5.41, 5.74) is 5.46. The van der Waals surface area contributed by atoms with Crippen LogP contribution in [0, 0.1) is 5.82 Å². The molecule has 0 unspecified atom stereocenters. The predicted octanol–water partition coefficient (Wildman–Crippen LogP) is 7.66. The molecular weight excluding hydrogens is 471 g/mol. The highest BCUT2D eigenvalue weighted by Gasteiger charge is 2.23. The van der Waals surface area contributed by atoms with Crippen molar-refractivity contribution in [1.82, 2.24) is 9.88 Å². The fourth-order valence-electron chi connectivity index (χ4n) is 5.46. The number of halogens is 1. The first-order valence-electron chi connectivity index (χ1n) is 13.3. The normalized spacial score (nSPS) is 12.1. The van der Waals surface area contributed by atoms with Gasteiger partial charge in [0.15, 0.2) is 0 Å². The van der Waals surface area contributed by atoms with Crippen molar-refractivity contribution in [1.29, 1.82) is 0 Å². The second-order valence-corrected chi connectivity index (χ2v) is 9.71. The van der Waals surface area contributed by atoms with Crippen LogP contribution in [0.5, 0.6) is 0 Å². The van der Waals surface area contributed by atoms with Gasteiger partial charge < -0.3 is 9.88 Å². The van der Waals surface area contributed by atoms with E-state index in [9.17, 15) is 9.18 Å². The fourth-order valence-corrected chi connectivity index (χ4v) is 5.46. The Labute approximate surface area is 223 Å². The zero-order valence-corrected chi connectivity index (χ0v) is 21.7. The summed E-state index contributed by atoms with van der Waals surface area (Å²) in [6.45, 7) is 3.48. The quantitative estimate of drug-likeness (QED) is 0.208. The summed E-state index contributed by atoms with van der Waals surface area (Å²) in [4.78, 5) is 13.3. The van der Waals surface area contributed by atoms with Crippen molar-refractivity contribution >= 4 is 16.8 Å². The number of fused-ring (bicyclic) bond motifs is 1. The standard InChI is InChI=1S/C34H33FN2O/c1-2-37-24-32(30-18-9-10-19-33(30)37)31(27-16-11-17-28(35)22-27)23-34(38)36-21-20-29(25-12-5-3-6-13-25)26-14-7-4-8-15-26/h3-19,22,24,29,31H,2,20-21,23H2,1H3,(H,36,38)/t31-/m1/s1. The van der Waals surface area contributed by atoms with Gasteiger partial charge in [0.25, 0.3) is 0 Å². The van der Waals surface area contributed by atoms with Gasteiger partial charge in [0, 0.05) is 48.4 Å². The van der Waals surface area contributed by atoms with Crippen LogP contribution in [0.15, 0.2) is 115 Å². The minimum absolute atomic E-state index is 0.0348. The molecule has 0 aliphatic carbocycles. The van der Waals surface area contributed by atoms with Gasteiger partial charge in [-0.1, -0.05) is 91.0 Å². The van der Waals surface area contributed by atoms with Crippen LogP contribution in [0.1, 0.15) is 53.9 Å². The van der Waals surface area contributed by atoms with Gasteiger partial charge in [0.1, 0.15) is 5.82 Å². The molecule has 0 saturated heterocycles. The van der Waals surface area contributed by atoms with E-state index in [0.29, 0.717) is 6.54 Å². The smallest absolute Gasteiger partial charge is 0.220 e. The molecule has 0 spiro atoms. The van der Waals surface area contributed by atoms with Crippen molar-refractivity contribution < 1.29 is 9.18 Å². The molecule has 0 saturated carbocycles. The molecule has 5 rings (SSSR count). The molecule has 1 atom stereocenters. The maximum atomic E-state index is 14.3. The van der Waals surface area contributed by atoms with Gasteiger partial charge in [-0.2, -0.15) is 0 Å². The molecule has 1 amide bonds. The van der Waals surface area contributed by atoms with Crippen LogP contribution < -0.4 is 5.32 Å². The van der Waals surface area contributed by atoms with Gasteiger partial charge in [-0.25, -0.2) is 4.39 Å². The molecule has 0 fully saturated rings. The highest BCUT2D eigenvalue weighted by atomic mass is 19.1. The van der Waals surface area contributed by atoms with Crippen LogP contribution >= 0.6 is 0 Å². The number of nitrogens with one attached hydrogen (secondary N) is 1. The van der Waals surface area contributed by atoms with E-state index in [1.807, 2.05) is 30.3 Å². The van der Waals surface area contributed by atoms with Gasteiger partial charge in [0.2, 0.25) is 5.91 Å². The number of rotatable bonds is 10. The first kappa shape index (κ1) is 25.5. The number of para-hydroxylation sites is 1. The number of carbonyl (C=O) groups is 1. The Kier molecular flexibility index (Phi) is 7.98. The second-order valence-electron chi connectivity index (χ2n) is 9.71. The molecule has 192 valence electrons. The van der Waals surface area contributed by atoms with Gasteiger partial charge >= 0.3 is 0 Å². The number of hydrogen-bond donors (Lipinski definition) is 1. The van der Waals surface area contributed by atoms with Crippen LogP contribution in [0.4, 0.5) is 4.39 Å². The molecule has 38 heavy (non-hydrogen) atoms. The molecule has 0 aliphatic heterocycles. The Balaban J connectivity index is 1.36. The van der Waals surface area contributed by atoms with Crippen LogP contribution in [0.3, 0.4) is 0 Å². The largest absolute Gasteiger partial charge is 0.356 e. The molecule has 0 bridgehead atoms. The minimum Gasteiger partial charge on any atom is -0.356 e. The lowest BCUT2D eigenvalue weighted by atomic mass is 9.87. The number of aromatic nitrogens is 1. The Hall–Kier alpha value is -4.18. The van der Waals surface area contributed by atoms with Crippen molar-refractivity contribution in [3.63, 3.8) is 0 Å². The number of hydrogen-bond acceptors (Lipinski definition) is 1. The number of aryl methyl sites for hydroxylation is 1. The van der Waals surface area contributed by atoms with E-state index in [2.05, 4.69) is 83.7 Å². The number of benzene rings is 4. The summed E-state index contributed by atoms with van der Waals surface area (Å²) in [6.07, 6.45) is 3.16. The van der Waals surface area contributed by atoms with E-state index in [1.54, 1.807) is 12.1 Å². The first-order valence-corrected chi connectivity index (χ1v) is 13.3. The van der Waals surface area contributed by atoms with E-state index in [1.165, 1.54) is 17.2 Å². The van der Waals surface area contributed by atoms with Crippen molar-refractivity contribution in [3.05, 3.63) is 143 Å². The maximum Gasteiger partial charge on any atom is 0.220 e. The number of nitrogens with zero attached hydrogens (tertiary/aromatic N) is 1.